The zero-order valence-corrected chi connectivity index (χ0v) is 18.0. The maximum atomic E-state index is 14.9. The number of benzene rings is 1. The lowest BCUT2D eigenvalue weighted by Crippen LogP contribution is -2.69. The summed E-state index contributed by atoms with van der Waals surface area (Å²) in [5.74, 6) is -4.27. The van der Waals surface area contributed by atoms with Gasteiger partial charge in [0.2, 0.25) is 11.8 Å². The van der Waals surface area contributed by atoms with Crippen LogP contribution in [0.15, 0.2) is 6.07 Å². The molecule has 1 aromatic rings. The smallest absolute Gasteiger partial charge is 0.408 e. The van der Waals surface area contributed by atoms with Gasteiger partial charge in [0.15, 0.2) is 5.82 Å². The molecule has 0 saturated carbocycles. The second kappa shape index (κ2) is 7.68. The Kier molecular flexibility index (Phi) is 5.70. The van der Waals surface area contributed by atoms with Gasteiger partial charge in [-0.25, -0.2) is 13.6 Å². The Labute approximate surface area is 178 Å². The fourth-order valence-corrected chi connectivity index (χ4v) is 3.99. The first-order valence-electron chi connectivity index (χ1n) is 9.57. The first-order valence-corrected chi connectivity index (χ1v) is 9.95. The fourth-order valence-electron chi connectivity index (χ4n) is 3.71. The third-order valence-corrected chi connectivity index (χ3v) is 5.35. The summed E-state index contributed by atoms with van der Waals surface area (Å²) in [5.41, 5.74) is -1.61. The van der Waals surface area contributed by atoms with Crippen LogP contribution in [0.4, 0.5) is 19.3 Å². The molecule has 3 amide bonds. The molecule has 1 atom stereocenters. The van der Waals surface area contributed by atoms with Crippen molar-refractivity contribution in [3.63, 3.8) is 0 Å². The Bertz CT molecular complexity index is 910. The van der Waals surface area contributed by atoms with Gasteiger partial charge in [0.1, 0.15) is 16.4 Å². The van der Waals surface area contributed by atoms with Crippen LogP contribution in [0, 0.1) is 11.6 Å². The number of carbonyl (C=O) groups is 3. The summed E-state index contributed by atoms with van der Waals surface area (Å²) in [6, 6.07) is 1.08. The van der Waals surface area contributed by atoms with Crippen molar-refractivity contribution in [2.75, 3.05) is 18.0 Å². The highest BCUT2D eigenvalue weighted by atomic mass is 35.5. The minimum Gasteiger partial charge on any atom is -0.444 e. The van der Waals surface area contributed by atoms with Gasteiger partial charge >= 0.3 is 6.09 Å². The van der Waals surface area contributed by atoms with E-state index in [1.165, 1.54) is 0 Å². The highest BCUT2D eigenvalue weighted by molar-refractivity contribution is 6.33. The van der Waals surface area contributed by atoms with Crippen LogP contribution in [0.2, 0.25) is 5.02 Å². The molecule has 1 unspecified atom stereocenters. The summed E-state index contributed by atoms with van der Waals surface area (Å²) in [6.07, 6.45) is -0.577. The molecule has 2 fully saturated rings. The Morgan fingerprint density at radius 2 is 1.97 bits per heavy atom. The molecule has 164 valence electrons. The summed E-state index contributed by atoms with van der Waals surface area (Å²) in [6.45, 7) is 7.56. The number of halogens is 3. The van der Waals surface area contributed by atoms with Gasteiger partial charge in [0.25, 0.3) is 0 Å². The van der Waals surface area contributed by atoms with Crippen molar-refractivity contribution in [1.29, 1.82) is 0 Å². The van der Waals surface area contributed by atoms with Crippen molar-refractivity contribution in [1.82, 2.24) is 10.6 Å². The van der Waals surface area contributed by atoms with E-state index in [-0.39, 0.29) is 36.6 Å². The third-order valence-electron chi connectivity index (χ3n) is 4.99. The van der Waals surface area contributed by atoms with Gasteiger partial charge in [0, 0.05) is 25.1 Å². The maximum Gasteiger partial charge on any atom is 0.408 e. The van der Waals surface area contributed by atoms with Gasteiger partial charge in [-0.2, -0.15) is 0 Å². The van der Waals surface area contributed by atoms with E-state index in [1.807, 2.05) is 0 Å². The van der Waals surface area contributed by atoms with Gasteiger partial charge in [-0.3, -0.25) is 14.9 Å². The number of amides is 3. The van der Waals surface area contributed by atoms with Crippen molar-refractivity contribution < 1.29 is 27.9 Å². The largest absolute Gasteiger partial charge is 0.444 e. The number of anilines is 1. The highest BCUT2D eigenvalue weighted by Crippen LogP contribution is 2.40. The molecule has 0 spiro atoms. The van der Waals surface area contributed by atoms with E-state index < -0.39 is 52.2 Å². The third kappa shape index (κ3) is 4.50. The van der Waals surface area contributed by atoms with E-state index in [0.717, 1.165) is 6.07 Å². The molecule has 2 aliphatic heterocycles. The van der Waals surface area contributed by atoms with Crippen LogP contribution in [0.25, 0.3) is 0 Å². The Morgan fingerprint density at radius 1 is 1.33 bits per heavy atom. The van der Waals surface area contributed by atoms with Crippen LogP contribution in [0.1, 0.15) is 52.0 Å². The van der Waals surface area contributed by atoms with Crippen LogP contribution in [0.3, 0.4) is 0 Å². The molecular weight excluding hydrogens is 420 g/mol. The van der Waals surface area contributed by atoms with Crippen molar-refractivity contribution in [3.8, 4) is 0 Å². The number of alkyl carbamates (subject to hydrolysis) is 1. The molecule has 1 aromatic carbocycles. The Hall–Kier alpha value is -2.42. The summed E-state index contributed by atoms with van der Waals surface area (Å²) < 4.78 is 34.9. The number of nitrogens with zero attached hydrogens (tertiary/aromatic N) is 1. The molecule has 2 aliphatic rings. The molecule has 0 bridgehead atoms. The van der Waals surface area contributed by atoms with Crippen LogP contribution >= 0.6 is 11.6 Å². The van der Waals surface area contributed by atoms with E-state index in [2.05, 4.69) is 10.6 Å². The first-order chi connectivity index (χ1) is 13.8. The SMILES string of the molecule is CC1(NC(=O)OC(C)(C)C)CN(c2cc(F)c(C3CCC(=O)NC3=O)c(F)c2Cl)C1. The number of piperidine rings is 1. The van der Waals surface area contributed by atoms with Crippen molar-refractivity contribution in [3.05, 3.63) is 28.3 Å². The number of nitrogens with one attached hydrogen (secondary N) is 2. The number of rotatable bonds is 3. The zero-order chi connectivity index (χ0) is 22.4. The number of hydrogen-bond donors (Lipinski definition) is 2. The minimum absolute atomic E-state index is 0.00449. The van der Waals surface area contributed by atoms with Crippen molar-refractivity contribution in [2.45, 2.75) is 57.6 Å². The summed E-state index contributed by atoms with van der Waals surface area (Å²) in [7, 11) is 0. The Morgan fingerprint density at radius 3 is 2.53 bits per heavy atom. The van der Waals surface area contributed by atoms with Crippen LogP contribution < -0.4 is 15.5 Å². The van der Waals surface area contributed by atoms with E-state index in [4.69, 9.17) is 16.3 Å². The van der Waals surface area contributed by atoms with E-state index >= 15 is 0 Å². The minimum atomic E-state index is -1.12. The van der Waals surface area contributed by atoms with Crippen molar-refractivity contribution in [2.24, 2.45) is 0 Å². The molecule has 0 aliphatic carbocycles. The molecule has 2 saturated heterocycles. The average Bonchev–Trinajstić information content (AvgIpc) is 2.56. The Balaban J connectivity index is 1.75. The molecule has 0 radical (unpaired) electrons. The number of hydrogen-bond acceptors (Lipinski definition) is 5. The van der Waals surface area contributed by atoms with E-state index in [1.54, 1.807) is 32.6 Å². The zero-order valence-electron chi connectivity index (χ0n) is 17.2. The quantitative estimate of drug-likeness (QED) is 0.553. The van der Waals surface area contributed by atoms with Crippen molar-refractivity contribution >= 4 is 35.2 Å². The molecule has 3 rings (SSSR count). The summed E-state index contributed by atoms with van der Waals surface area (Å²) >= 11 is 6.17. The summed E-state index contributed by atoms with van der Waals surface area (Å²) in [4.78, 5) is 36.9. The normalized spacial score (nSPS) is 21.0. The van der Waals surface area contributed by atoms with Gasteiger partial charge in [-0.05, 0) is 40.2 Å². The van der Waals surface area contributed by atoms with E-state index in [9.17, 15) is 23.2 Å². The van der Waals surface area contributed by atoms with Crippen LogP contribution in [0.5, 0.6) is 0 Å². The second-order valence-electron chi connectivity index (χ2n) is 8.97. The van der Waals surface area contributed by atoms with Gasteiger partial charge in [-0.15, -0.1) is 0 Å². The first kappa shape index (κ1) is 22.3. The van der Waals surface area contributed by atoms with Gasteiger partial charge in [-0.1, -0.05) is 11.6 Å². The lowest BCUT2D eigenvalue weighted by atomic mass is 9.88. The monoisotopic (exact) mass is 443 g/mol. The second-order valence-corrected chi connectivity index (χ2v) is 9.34. The number of ether oxygens (including phenoxy) is 1. The average molecular weight is 444 g/mol. The molecule has 2 heterocycles. The highest BCUT2D eigenvalue weighted by Gasteiger charge is 2.43. The van der Waals surface area contributed by atoms with Gasteiger partial charge < -0.3 is 15.0 Å². The molecule has 0 aromatic heterocycles. The predicted molar refractivity (Wildman–Crippen MR) is 106 cm³/mol. The maximum absolute atomic E-state index is 14.9. The molecule has 10 heteroatoms. The predicted octanol–water partition coefficient (Wildman–Crippen LogP) is 3.24. The summed E-state index contributed by atoms with van der Waals surface area (Å²) in [5, 5.41) is 4.53. The molecule has 7 nitrogen and oxygen atoms in total. The van der Waals surface area contributed by atoms with Crippen LogP contribution in [-0.2, 0) is 14.3 Å². The topological polar surface area (TPSA) is 87.7 Å². The fraction of sp³-hybridized carbons (Fsp3) is 0.550. The standard InChI is InChI=1S/C20H24ClF2N3O4/c1-19(2,3)30-18(29)25-20(4)8-26(9-20)12-7-11(22)14(16(23)15(12)21)10-5-6-13(27)24-17(10)28/h7,10H,5-6,8-9H2,1-4H3,(H,25,29)(H,24,27,28). The molecule has 30 heavy (non-hydrogen) atoms. The lowest BCUT2D eigenvalue weighted by Gasteiger charge is -2.49. The number of imide groups is 1. The molecular formula is C20H24ClF2N3O4. The van der Waals surface area contributed by atoms with Gasteiger partial charge in [0.05, 0.1) is 17.1 Å². The molecule has 2 N–H and O–H groups in total. The van der Waals surface area contributed by atoms with E-state index in [0.29, 0.717) is 0 Å². The number of carbonyl (C=O) groups excluding carboxylic acids is 3. The van der Waals surface area contributed by atoms with Crippen LogP contribution in [-0.4, -0.2) is 42.1 Å². The lowest BCUT2D eigenvalue weighted by molar-refractivity contribution is -0.134.